The maximum absolute atomic E-state index is 12.8. The van der Waals surface area contributed by atoms with E-state index in [-0.39, 0.29) is 24.4 Å². The van der Waals surface area contributed by atoms with Crippen LogP contribution in [0.25, 0.3) is 0 Å². The van der Waals surface area contributed by atoms with Gasteiger partial charge in [-0.15, -0.1) is 12.4 Å². The number of aromatic nitrogens is 2. The number of nitrogens with zero attached hydrogens (tertiary/aromatic N) is 1. The summed E-state index contributed by atoms with van der Waals surface area (Å²) in [7, 11) is 0. The highest BCUT2D eigenvalue weighted by Gasteiger charge is 2.30. The molecule has 0 radical (unpaired) electrons. The van der Waals surface area contributed by atoms with Crippen molar-refractivity contribution in [1.82, 2.24) is 20.8 Å². The number of hydrogen-bond donors (Lipinski definition) is 3. The number of H-pyrrole nitrogens is 1. The van der Waals surface area contributed by atoms with Gasteiger partial charge in [-0.2, -0.15) is 5.10 Å². The van der Waals surface area contributed by atoms with Crippen molar-refractivity contribution >= 4 is 18.3 Å². The Morgan fingerprint density at radius 2 is 2.12 bits per heavy atom. The van der Waals surface area contributed by atoms with Gasteiger partial charge < -0.3 is 10.6 Å². The Hall–Kier alpha value is -1.85. The zero-order valence-corrected chi connectivity index (χ0v) is 14.6. The zero-order chi connectivity index (χ0) is 15.8. The van der Waals surface area contributed by atoms with Crippen LogP contribution >= 0.6 is 12.4 Å². The lowest BCUT2D eigenvalue weighted by molar-refractivity contribution is 0.0913. The molecule has 2 unspecified atom stereocenters. The third-order valence-corrected chi connectivity index (χ3v) is 5.14. The van der Waals surface area contributed by atoms with Crippen molar-refractivity contribution in [3.8, 4) is 0 Å². The Bertz CT molecular complexity index is 742. The summed E-state index contributed by atoms with van der Waals surface area (Å²) in [6.45, 7) is 3.86. The van der Waals surface area contributed by atoms with E-state index in [1.807, 2.05) is 0 Å². The van der Waals surface area contributed by atoms with Crippen LogP contribution in [0.4, 0.5) is 0 Å². The molecule has 0 saturated heterocycles. The topological polar surface area (TPSA) is 69.8 Å². The van der Waals surface area contributed by atoms with E-state index in [0.29, 0.717) is 18.2 Å². The first-order valence-corrected chi connectivity index (χ1v) is 8.39. The number of aryl methyl sites for hydroxylation is 1. The van der Waals surface area contributed by atoms with E-state index in [2.05, 4.69) is 52.0 Å². The van der Waals surface area contributed by atoms with Gasteiger partial charge in [0.2, 0.25) is 0 Å². The molecule has 0 spiro atoms. The predicted octanol–water partition coefficient (Wildman–Crippen LogP) is 2.53. The minimum atomic E-state index is -0.0697. The Morgan fingerprint density at radius 3 is 3.00 bits per heavy atom. The number of fused-ring (bicyclic) bond motifs is 2. The summed E-state index contributed by atoms with van der Waals surface area (Å²) in [4.78, 5) is 12.8. The van der Waals surface area contributed by atoms with Gasteiger partial charge in [-0.1, -0.05) is 31.2 Å². The van der Waals surface area contributed by atoms with Crippen molar-refractivity contribution in [2.45, 2.75) is 38.8 Å². The second-order valence-corrected chi connectivity index (χ2v) is 6.62. The molecule has 2 heterocycles. The average molecular weight is 347 g/mol. The maximum atomic E-state index is 12.8. The molecule has 2 aliphatic rings. The van der Waals surface area contributed by atoms with Crippen molar-refractivity contribution in [3.05, 3.63) is 52.3 Å². The summed E-state index contributed by atoms with van der Waals surface area (Å²) in [5, 5.41) is 13.8. The number of carbonyl (C=O) groups is 1. The van der Waals surface area contributed by atoms with Crippen LogP contribution in [-0.4, -0.2) is 22.6 Å². The number of benzene rings is 1. The number of aromatic amines is 1. The molecule has 4 rings (SSSR count). The Labute approximate surface area is 148 Å². The number of hydrogen-bond acceptors (Lipinski definition) is 3. The smallest absolute Gasteiger partial charge is 0.272 e. The van der Waals surface area contributed by atoms with Gasteiger partial charge in [0.05, 0.1) is 6.04 Å². The second kappa shape index (κ2) is 6.95. The molecular formula is C18H23ClN4O. The fourth-order valence-electron chi connectivity index (χ4n) is 3.76. The molecule has 1 aliphatic carbocycles. The number of amides is 1. The van der Waals surface area contributed by atoms with Gasteiger partial charge >= 0.3 is 0 Å². The maximum Gasteiger partial charge on any atom is 0.272 e. The summed E-state index contributed by atoms with van der Waals surface area (Å²) < 4.78 is 0. The molecule has 0 saturated carbocycles. The summed E-state index contributed by atoms with van der Waals surface area (Å²) in [5.74, 6) is 0.362. The van der Waals surface area contributed by atoms with Gasteiger partial charge in [0.25, 0.3) is 5.91 Å². The molecule has 1 aromatic carbocycles. The SMILES string of the molecule is CC1CCc2ccccc2C1NC(=O)c1n[nH]c2c1CNCC2.Cl. The van der Waals surface area contributed by atoms with Gasteiger partial charge in [0.1, 0.15) is 0 Å². The molecule has 128 valence electrons. The fraction of sp³-hybridized carbons (Fsp3) is 0.444. The number of halogens is 1. The Kier molecular flexibility index (Phi) is 4.92. The lowest BCUT2D eigenvalue weighted by atomic mass is 9.80. The van der Waals surface area contributed by atoms with Crippen LogP contribution in [0, 0.1) is 5.92 Å². The van der Waals surface area contributed by atoms with Gasteiger partial charge in [-0.25, -0.2) is 0 Å². The molecule has 2 atom stereocenters. The molecule has 1 aromatic heterocycles. The average Bonchev–Trinajstić information content (AvgIpc) is 3.01. The third-order valence-electron chi connectivity index (χ3n) is 5.14. The van der Waals surface area contributed by atoms with Gasteiger partial charge in [-0.3, -0.25) is 9.89 Å². The van der Waals surface area contributed by atoms with Crippen LogP contribution in [0.15, 0.2) is 24.3 Å². The van der Waals surface area contributed by atoms with Gasteiger partial charge in [-0.05, 0) is 29.9 Å². The largest absolute Gasteiger partial charge is 0.344 e. The monoisotopic (exact) mass is 346 g/mol. The standard InChI is InChI=1S/C18H22N4O.ClH/c1-11-6-7-12-4-2-3-5-13(12)16(11)20-18(23)17-14-10-19-9-8-15(14)21-22-17;/h2-5,11,16,19H,6-10H2,1H3,(H,20,23)(H,21,22);1H. The van der Waals surface area contributed by atoms with E-state index < -0.39 is 0 Å². The van der Waals surface area contributed by atoms with Crippen LogP contribution in [0.1, 0.15) is 52.3 Å². The molecule has 0 bridgehead atoms. The minimum absolute atomic E-state index is 0. The molecule has 1 aliphatic heterocycles. The molecule has 1 amide bonds. The lowest BCUT2D eigenvalue weighted by Gasteiger charge is -2.32. The first kappa shape index (κ1) is 17.0. The molecule has 3 N–H and O–H groups in total. The van der Waals surface area contributed by atoms with Crippen molar-refractivity contribution < 1.29 is 4.79 Å². The van der Waals surface area contributed by atoms with Crippen molar-refractivity contribution in [3.63, 3.8) is 0 Å². The summed E-state index contributed by atoms with van der Waals surface area (Å²) in [6.07, 6.45) is 3.09. The van der Waals surface area contributed by atoms with E-state index in [0.717, 1.165) is 37.1 Å². The summed E-state index contributed by atoms with van der Waals surface area (Å²) in [5.41, 5.74) is 5.25. The van der Waals surface area contributed by atoms with E-state index in [1.165, 1.54) is 11.1 Å². The van der Waals surface area contributed by atoms with Crippen molar-refractivity contribution in [1.29, 1.82) is 0 Å². The molecular weight excluding hydrogens is 324 g/mol. The van der Waals surface area contributed by atoms with E-state index in [9.17, 15) is 4.79 Å². The predicted molar refractivity (Wildman–Crippen MR) is 95.4 cm³/mol. The van der Waals surface area contributed by atoms with Crippen molar-refractivity contribution in [2.75, 3.05) is 6.54 Å². The van der Waals surface area contributed by atoms with Gasteiger partial charge in [0.15, 0.2) is 5.69 Å². The van der Waals surface area contributed by atoms with Crippen LogP contribution in [0.5, 0.6) is 0 Å². The van der Waals surface area contributed by atoms with Crippen LogP contribution in [-0.2, 0) is 19.4 Å². The molecule has 24 heavy (non-hydrogen) atoms. The number of rotatable bonds is 2. The van der Waals surface area contributed by atoms with E-state index >= 15 is 0 Å². The van der Waals surface area contributed by atoms with E-state index in [4.69, 9.17) is 0 Å². The van der Waals surface area contributed by atoms with Gasteiger partial charge in [0, 0.05) is 30.8 Å². The Morgan fingerprint density at radius 1 is 1.29 bits per heavy atom. The lowest BCUT2D eigenvalue weighted by Crippen LogP contribution is -2.36. The zero-order valence-electron chi connectivity index (χ0n) is 13.8. The minimum Gasteiger partial charge on any atom is -0.344 e. The highest BCUT2D eigenvalue weighted by Crippen LogP contribution is 2.34. The second-order valence-electron chi connectivity index (χ2n) is 6.62. The van der Waals surface area contributed by atoms with E-state index in [1.54, 1.807) is 0 Å². The summed E-state index contributed by atoms with van der Waals surface area (Å²) in [6, 6.07) is 8.49. The number of carbonyl (C=O) groups excluding carboxylic acids is 1. The third kappa shape index (κ3) is 2.94. The van der Waals surface area contributed by atoms with Crippen LogP contribution in [0.2, 0.25) is 0 Å². The molecule has 0 fully saturated rings. The number of nitrogens with one attached hydrogen (secondary N) is 3. The van der Waals surface area contributed by atoms with Crippen molar-refractivity contribution in [2.24, 2.45) is 5.92 Å². The Balaban J connectivity index is 0.00000169. The fourth-order valence-corrected chi connectivity index (χ4v) is 3.76. The summed E-state index contributed by atoms with van der Waals surface area (Å²) >= 11 is 0. The van der Waals surface area contributed by atoms with Crippen LogP contribution in [0.3, 0.4) is 0 Å². The quantitative estimate of drug-likeness (QED) is 0.782. The van der Waals surface area contributed by atoms with Crippen LogP contribution < -0.4 is 10.6 Å². The first-order valence-electron chi connectivity index (χ1n) is 8.39. The molecule has 2 aromatic rings. The highest BCUT2D eigenvalue weighted by molar-refractivity contribution is 5.94. The first-order chi connectivity index (χ1) is 11.2. The highest BCUT2D eigenvalue weighted by atomic mass is 35.5. The molecule has 6 heteroatoms. The normalized spacial score (nSPS) is 22.0. The molecule has 5 nitrogen and oxygen atoms in total.